The molecule has 194 valence electrons. The second-order valence-corrected chi connectivity index (χ2v) is 10.4. The van der Waals surface area contributed by atoms with E-state index < -0.39 is 5.60 Å². The van der Waals surface area contributed by atoms with Gasteiger partial charge in [0.1, 0.15) is 11.4 Å². The lowest BCUT2D eigenvalue weighted by Gasteiger charge is -2.39. The number of likely N-dealkylation sites (tertiary alicyclic amines) is 2. The summed E-state index contributed by atoms with van der Waals surface area (Å²) in [6, 6.07) is 15.2. The number of nitrogens with two attached hydrogens (primary N) is 1. The molecule has 5 heterocycles. The van der Waals surface area contributed by atoms with E-state index in [1.54, 1.807) is 18.6 Å². The van der Waals surface area contributed by atoms with Crippen molar-refractivity contribution in [2.75, 3.05) is 31.9 Å². The van der Waals surface area contributed by atoms with Crippen molar-refractivity contribution in [3.63, 3.8) is 0 Å². The first-order valence-corrected chi connectivity index (χ1v) is 13.3. The Balaban J connectivity index is 1.14. The van der Waals surface area contributed by atoms with E-state index in [0.717, 1.165) is 64.0 Å². The first-order chi connectivity index (χ1) is 18.0. The number of nitrogen functional groups attached to an aromatic ring is 1. The minimum atomic E-state index is -1.24. The fourth-order valence-corrected chi connectivity index (χ4v) is 5.78. The van der Waals surface area contributed by atoms with Crippen LogP contribution in [-0.2, 0) is 16.9 Å². The van der Waals surface area contributed by atoms with Crippen molar-refractivity contribution in [3.8, 4) is 0 Å². The average molecular weight is 501 g/mol. The number of amides is 1. The largest absolute Gasteiger partial charge is 0.384 e. The van der Waals surface area contributed by atoms with E-state index in [-0.39, 0.29) is 17.7 Å². The molecule has 37 heavy (non-hydrogen) atoms. The second-order valence-electron chi connectivity index (χ2n) is 10.4. The molecule has 2 aliphatic rings. The summed E-state index contributed by atoms with van der Waals surface area (Å²) in [6.45, 7) is 4.14. The summed E-state index contributed by atoms with van der Waals surface area (Å²) in [5.41, 5.74) is 6.97. The quantitative estimate of drug-likeness (QED) is 0.513. The Morgan fingerprint density at radius 2 is 1.54 bits per heavy atom. The number of carbonyl (C=O) groups is 1. The highest BCUT2D eigenvalue weighted by Crippen LogP contribution is 2.37. The summed E-state index contributed by atoms with van der Waals surface area (Å²) < 4.78 is 0. The molecule has 3 aromatic heterocycles. The molecule has 0 aliphatic carbocycles. The Morgan fingerprint density at radius 1 is 0.892 bits per heavy atom. The molecule has 2 aliphatic heterocycles. The van der Waals surface area contributed by atoms with Crippen LogP contribution in [0, 0.1) is 11.8 Å². The highest BCUT2D eigenvalue weighted by atomic mass is 16.3. The van der Waals surface area contributed by atoms with E-state index in [0.29, 0.717) is 23.6 Å². The van der Waals surface area contributed by atoms with Crippen LogP contribution in [0.3, 0.4) is 0 Å². The summed E-state index contributed by atoms with van der Waals surface area (Å²) in [5, 5.41) is 11.8. The lowest BCUT2D eigenvalue weighted by atomic mass is 9.80. The van der Waals surface area contributed by atoms with Gasteiger partial charge in [0.25, 0.3) is 0 Å². The molecule has 8 nitrogen and oxygen atoms in total. The average Bonchev–Trinajstić information content (AvgIpc) is 2.94. The van der Waals surface area contributed by atoms with Crippen molar-refractivity contribution in [1.82, 2.24) is 24.8 Å². The zero-order valence-electron chi connectivity index (χ0n) is 21.2. The molecule has 0 bridgehead atoms. The molecule has 3 N–H and O–H groups in total. The van der Waals surface area contributed by atoms with Gasteiger partial charge in [0.15, 0.2) is 0 Å². The normalized spacial score (nSPS) is 18.1. The number of carbonyl (C=O) groups excluding carboxylic acids is 1. The maximum absolute atomic E-state index is 13.3. The van der Waals surface area contributed by atoms with Crippen LogP contribution >= 0.6 is 0 Å². The number of pyridine rings is 3. The summed E-state index contributed by atoms with van der Waals surface area (Å²) in [6.07, 6.45) is 9.23. The van der Waals surface area contributed by atoms with Gasteiger partial charge in [0.05, 0.1) is 11.4 Å². The molecular formula is C29H36N6O2. The topological polar surface area (TPSA) is 108 Å². The monoisotopic (exact) mass is 500 g/mol. The van der Waals surface area contributed by atoms with E-state index >= 15 is 0 Å². The van der Waals surface area contributed by atoms with Gasteiger partial charge in [-0.1, -0.05) is 12.1 Å². The van der Waals surface area contributed by atoms with Gasteiger partial charge in [-0.05, 0) is 93.1 Å². The molecule has 5 rings (SSSR count). The van der Waals surface area contributed by atoms with Crippen molar-refractivity contribution in [1.29, 1.82) is 0 Å². The Kier molecular flexibility index (Phi) is 7.76. The summed E-state index contributed by atoms with van der Waals surface area (Å²) >= 11 is 0. The molecule has 0 radical (unpaired) electrons. The van der Waals surface area contributed by atoms with Gasteiger partial charge in [0, 0.05) is 44.1 Å². The van der Waals surface area contributed by atoms with Crippen molar-refractivity contribution in [3.05, 3.63) is 84.1 Å². The van der Waals surface area contributed by atoms with Gasteiger partial charge in [0.2, 0.25) is 5.91 Å². The predicted octanol–water partition coefficient (Wildman–Crippen LogP) is 3.23. The standard InChI is InChI=1S/C29H36N6O2/c30-27-19-23(7-14-33-27)21-34-15-10-24(11-16-34)28(36)35-17-8-22(9-18-35)20-29(37,25-5-1-3-12-31-25)26-6-2-4-13-32-26/h1-7,12-14,19,22,24,37H,8-11,15-18,20-21H2,(H2,30,33). The zero-order chi connectivity index (χ0) is 25.7. The van der Waals surface area contributed by atoms with Gasteiger partial charge in [-0.25, -0.2) is 4.98 Å². The van der Waals surface area contributed by atoms with E-state index in [2.05, 4.69) is 19.9 Å². The summed E-state index contributed by atoms with van der Waals surface area (Å²) in [5.74, 6) is 1.21. The highest BCUT2D eigenvalue weighted by molar-refractivity contribution is 5.79. The van der Waals surface area contributed by atoms with Crippen LogP contribution in [0.2, 0.25) is 0 Å². The van der Waals surface area contributed by atoms with E-state index in [9.17, 15) is 9.90 Å². The van der Waals surface area contributed by atoms with Crippen LogP contribution < -0.4 is 5.73 Å². The lowest BCUT2D eigenvalue weighted by molar-refractivity contribution is -0.138. The van der Waals surface area contributed by atoms with Gasteiger partial charge in [-0.2, -0.15) is 0 Å². The fourth-order valence-electron chi connectivity index (χ4n) is 5.78. The molecule has 0 aromatic carbocycles. The number of aliphatic hydroxyl groups is 1. The van der Waals surface area contributed by atoms with Crippen molar-refractivity contribution in [2.24, 2.45) is 11.8 Å². The third kappa shape index (κ3) is 5.97. The second kappa shape index (κ2) is 11.4. The van der Waals surface area contributed by atoms with E-state index in [1.807, 2.05) is 53.4 Å². The molecule has 1 amide bonds. The number of rotatable bonds is 7. The van der Waals surface area contributed by atoms with Gasteiger partial charge < -0.3 is 15.7 Å². The van der Waals surface area contributed by atoms with Crippen LogP contribution in [0.5, 0.6) is 0 Å². The van der Waals surface area contributed by atoms with E-state index in [1.165, 1.54) is 0 Å². The number of hydrogen-bond acceptors (Lipinski definition) is 7. The number of hydrogen-bond donors (Lipinski definition) is 2. The molecule has 0 spiro atoms. The zero-order valence-corrected chi connectivity index (χ0v) is 21.2. The Hall–Kier alpha value is -3.36. The summed E-state index contributed by atoms with van der Waals surface area (Å²) in [7, 11) is 0. The van der Waals surface area contributed by atoms with Crippen LogP contribution in [0.15, 0.2) is 67.1 Å². The predicted molar refractivity (Wildman–Crippen MR) is 142 cm³/mol. The minimum Gasteiger partial charge on any atom is -0.384 e. The van der Waals surface area contributed by atoms with Crippen molar-refractivity contribution >= 4 is 11.7 Å². The fraction of sp³-hybridized carbons (Fsp3) is 0.448. The number of nitrogens with zero attached hydrogens (tertiary/aromatic N) is 5. The molecule has 8 heteroatoms. The molecule has 3 aromatic rings. The number of aromatic nitrogens is 3. The van der Waals surface area contributed by atoms with Crippen LogP contribution in [0.1, 0.15) is 49.1 Å². The van der Waals surface area contributed by atoms with Gasteiger partial charge in [-0.15, -0.1) is 0 Å². The Bertz CT molecular complexity index is 1120. The van der Waals surface area contributed by atoms with Crippen molar-refractivity contribution in [2.45, 2.75) is 44.2 Å². The molecule has 0 unspecified atom stereocenters. The molecular weight excluding hydrogens is 464 g/mol. The molecule has 2 saturated heterocycles. The first kappa shape index (κ1) is 25.3. The number of piperidine rings is 2. The molecule has 2 fully saturated rings. The smallest absolute Gasteiger partial charge is 0.225 e. The SMILES string of the molecule is Nc1cc(CN2CCC(C(=O)N3CCC(CC(O)(c4ccccn4)c4ccccn4)CC3)CC2)ccn1. The lowest BCUT2D eigenvalue weighted by Crippen LogP contribution is -2.46. The third-order valence-electron chi connectivity index (χ3n) is 7.88. The van der Waals surface area contributed by atoms with Gasteiger partial charge in [-0.3, -0.25) is 19.7 Å². The number of anilines is 1. The summed E-state index contributed by atoms with van der Waals surface area (Å²) in [4.78, 5) is 30.7. The minimum absolute atomic E-state index is 0.0919. The van der Waals surface area contributed by atoms with Gasteiger partial charge >= 0.3 is 0 Å². The Morgan fingerprint density at radius 3 is 2.11 bits per heavy atom. The van der Waals surface area contributed by atoms with Crippen LogP contribution in [0.25, 0.3) is 0 Å². The van der Waals surface area contributed by atoms with Crippen molar-refractivity contribution < 1.29 is 9.90 Å². The third-order valence-corrected chi connectivity index (χ3v) is 7.88. The highest BCUT2D eigenvalue weighted by Gasteiger charge is 2.39. The maximum atomic E-state index is 13.3. The van der Waals surface area contributed by atoms with Crippen LogP contribution in [-0.4, -0.2) is 61.9 Å². The van der Waals surface area contributed by atoms with Crippen LogP contribution in [0.4, 0.5) is 5.82 Å². The first-order valence-electron chi connectivity index (χ1n) is 13.3. The molecule has 0 saturated carbocycles. The Labute approximate surface area is 218 Å². The molecule has 0 atom stereocenters. The maximum Gasteiger partial charge on any atom is 0.225 e. The van der Waals surface area contributed by atoms with E-state index in [4.69, 9.17) is 5.73 Å².